The Hall–Kier alpha value is -1.80. The van der Waals surface area contributed by atoms with Crippen LogP contribution in [0.4, 0.5) is 0 Å². The van der Waals surface area contributed by atoms with E-state index >= 15 is 0 Å². The van der Waals surface area contributed by atoms with Gasteiger partial charge in [-0.3, -0.25) is 4.79 Å². The number of carbonyl (C=O) groups is 1. The van der Waals surface area contributed by atoms with E-state index in [1.54, 1.807) is 11.0 Å². The standard InChI is InChI=1S/C18H28N2O5S/c1-13(19)15-6-4-5-10-20(15)18(21)9-11-26(22,23)14-7-8-16(24-2)17(12-14)25-3/h7-8,12-13,15H,4-6,9-11,19H2,1-3H3. The summed E-state index contributed by atoms with van der Waals surface area (Å²) in [5.41, 5.74) is 5.99. The zero-order valence-electron chi connectivity index (χ0n) is 15.6. The summed E-state index contributed by atoms with van der Waals surface area (Å²) < 4.78 is 35.5. The van der Waals surface area contributed by atoms with Crippen molar-refractivity contribution in [2.24, 2.45) is 5.73 Å². The second-order valence-corrected chi connectivity index (χ2v) is 8.70. The monoisotopic (exact) mass is 384 g/mol. The molecule has 2 unspecified atom stereocenters. The van der Waals surface area contributed by atoms with E-state index < -0.39 is 9.84 Å². The third-order valence-electron chi connectivity index (χ3n) is 4.78. The van der Waals surface area contributed by atoms with Crippen molar-refractivity contribution in [3.63, 3.8) is 0 Å². The summed E-state index contributed by atoms with van der Waals surface area (Å²) in [5, 5.41) is 0. The fourth-order valence-electron chi connectivity index (χ4n) is 3.31. The first-order chi connectivity index (χ1) is 12.3. The highest BCUT2D eigenvalue weighted by atomic mass is 32.2. The number of methoxy groups -OCH3 is 2. The van der Waals surface area contributed by atoms with E-state index in [2.05, 4.69) is 0 Å². The molecule has 26 heavy (non-hydrogen) atoms. The van der Waals surface area contributed by atoms with Crippen LogP contribution in [0.2, 0.25) is 0 Å². The van der Waals surface area contributed by atoms with Gasteiger partial charge in [-0.25, -0.2) is 8.42 Å². The minimum absolute atomic E-state index is 0.0139. The van der Waals surface area contributed by atoms with Crippen LogP contribution in [-0.2, 0) is 14.6 Å². The van der Waals surface area contributed by atoms with Crippen LogP contribution < -0.4 is 15.2 Å². The number of amides is 1. The summed E-state index contributed by atoms with van der Waals surface area (Å²) in [7, 11) is -0.673. The molecule has 2 N–H and O–H groups in total. The van der Waals surface area contributed by atoms with Crippen LogP contribution in [0.15, 0.2) is 23.1 Å². The maximum absolute atomic E-state index is 12.6. The molecule has 0 radical (unpaired) electrons. The fourth-order valence-corrected chi connectivity index (χ4v) is 4.55. The van der Waals surface area contributed by atoms with E-state index in [4.69, 9.17) is 15.2 Å². The van der Waals surface area contributed by atoms with Gasteiger partial charge in [0.05, 0.1) is 24.9 Å². The molecule has 0 saturated carbocycles. The Labute approximate surface area is 155 Å². The smallest absolute Gasteiger partial charge is 0.223 e. The largest absolute Gasteiger partial charge is 0.493 e. The summed E-state index contributed by atoms with van der Waals surface area (Å²) in [6.45, 7) is 2.53. The quantitative estimate of drug-likeness (QED) is 0.767. The molecule has 1 amide bonds. The summed E-state index contributed by atoms with van der Waals surface area (Å²) >= 11 is 0. The molecule has 1 aliphatic heterocycles. The van der Waals surface area contributed by atoms with Gasteiger partial charge in [0.15, 0.2) is 21.3 Å². The minimum atomic E-state index is -3.60. The Morgan fingerprint density at radius 1 is 1.27 bits per heavy atom. The zero-order valence-corrected chi connectivity index (χ0v) is 16.4. The van der Waals surface area contributed by atoms with Crippen LogP contribution >= 0.6 is 0 Å². The van der Waals surface area contributed by atoms with Crippen molar-refractivity contribution >= 4 is 15.7 Å². The third-order valence-corrected chi connectivity index (χ3v) is 6.49. The van der Waals surface area contributed by atoms with Gasteiger partial charge >= 0.3 is 0 Å². The van der Waals surface area contributed by atoms with E-state index in [0.717, 1.165) is 19.3 Å². The Kier molecular flexibility index (Phi) is 6.88. The number of ether oxygens (including phenoxy) is 2. The van der Waals surface area contributed by atoms with E-state index in [9.17, 15) is 13.2 Å². The maximum atomic E-state index is 12.6. The van der Waals surface area contributed by atoms with Crippen molar-refractivity contribution in [2.45, 2.75) is 49.6 Å². The molecule has 0 spiro atoms. The van der Waals surface area contributed by atoms with Crippen LogP contribution in [0.1, 0.15) is 32.6 Å². The van der Waals surface area contributed by atoms with Crippen molar-refractivity contribution in [1.82, 2.24) is 4.90 Å². The molecule has 1 aromatic rings. The number of hydrogen-bond donors (Lipinski definition) is 1. The van der Waals surface area contributed by atoms with Gasteiger partial charge in [0, 0.05) is 31.1 Å². The molecule has 7 nitrogen and oxygen atoms in total. The molecule has 1 saturated heterocycles. The summed E-state index contributed by atoms with van der Waals surface area (Å²) in [6.07, 6.45) is 2.78. The first-order valence-electron chi connectivity index (χ1n) is 8.80. The van der Waals surface area contributed by atoms with Gasteiger partial charge in [-0.15, -0.1) is 0 Å². The van der Waals surface area contributed by atoms with Gasteiger partial charge in [-0.2, -0.15) is 0 Å². The second-order valence-electron chi connectivity index (χ2n) is 6.60. The predicted octanol–water partition coefficient (Wildman–Crippen LogP) is 1.60. The Morgan fingerprint density at radius 3 is 2.58 bits per heavy atom. The molecule has 1 heterocycles. The average molecular weight is 384 g/mol. The molecular formula is C18H28N2O5S. The van der Waals surface area contributed by atoms with Gasteiger partial charge in [0.1, 0.15) is 0 Å². The lowest BCUT2D eigenvalue weighted by molar-refractivity contribution is -0.134. The lowest BCUT2D eigenvalue weighted by Gasteiger charge is -2.38. The molecule has 1 fully saturated rings. The molecule has 0 aromatic heterocycles. The molecule has 2 rings (SSSR count). The molecule has 146 valence electrons. The Bertz CT molecular complexity index is 733. The number of piperidine rings is 1. The van der Waals surface area contributed by atoms with Crippen molar-refractivity contribution in [2.75, 3.05) is 26.5 Å². The number of rotatable bonds is 7. The first-order valence-corrected chi connectivity index (χ1v) is 10.4. The molecule has 2 atom stereocenters. The molecular weight excluding hydrogens is 356 g/mol. The SMILES string of the molecule is COc1ccc(S(=O)(=O)CCC(=O)N2CCCCC2C(C)N)cc1OC. The van der Waals surface area contributed by atoms with E-state index in [-0.39, 0.29) is 35.1 Å². The molecule has 8 heteroatoms. The summed E-state index contributed by atoms with van der Waals surface area (Å²) in [4.78, 5) is 14.4. The van der Waals surface area contributed by atoms with Gasteiger partial charge < -0.3 is 20.1 Å². The Balaban J connectivity index is 2.08. The number of sulfone groups is 1. The first kappa shape index (κ1) is 20.5. The van der Waals surface area contributed by atoms with Crippen LogP contribution in [0.3, 0.4) is 0 Å². The highest BCUT2D eigenvalue weighted by Crippen LogP contribution is 2.30. The zero-order chi connectivity index (χ0) is 19.3. The van der Waals surface area contributed by atoms with Gasteiger partial charge in [-0.1, -0.05) is 0 Å². The number of benzene rings is 1. The fraction of sp³-hybridized carbons (Fsp3) is 0.611. The van der Waals surface area contributed by atoms with Crippen LogP contribution in [0, 0.1) is 0 Å². The van der Waals surface area contributed by atoms with Gasteiger partial charge in [0.2, 0.25) is 5.91 Å². The van der Waals surface area contributed by atoms with Crippen molar-refractivity contribution in [3.8, 4) is 11.5 Å². The molecule has 0 aliphatic carbocycles. The number of hydrogen-bond acceptors (Lipinski definition) is 6. The summed E-state index contributed by atoms with van der Waals surface area (Å²) in [6, 6.07) is 4.29. The molecule has 1 aliphatic rings. The third kappa shape index (κ3) is 4.67. The van der Waals surface area contributed by atoms with E-state index in [1.807, 2.05) is 6.92 Å². The van der Waals surface area contributed by atoms with E-state index in [1.165, 1.54) is 26.4 Å². The van der Waals surface area contributed by atoms with Crippen molar-refractivity contribution in [3.05, 3.63) is 18.2 Å². The second kappa shape index (κ2) is 8.73. The van der Waals surface area contributed by atoms with Gasteiger partial charge in [-0.05, 0) is 38.3 Å². The number of carbonyl (C=O) groups excluding carboxylic acids is 1. The number of nitrogens with zero attached hydrogens (tertiary/aromatic N) is 1. The normalized spacial score (nSPS) is 19.1. The van der Waals surface area contributed by atoms with Gasteiger partial charge in [0.25, 0.3) is 0 Å². The number of nitrogens with two attached hydrogens (primary N) is 1. The van der Waals surface area contributed by atoms with Crippen molar-refractivity contribution < 1.29 is 22.7 Å². The summed E-state index contributed by atoms with van der Waals surface area (Å²) in [5.74, 6) is 0.392. The average Bonchev–Trinajstić information content (AvgIpc) is 2.65. The topological polar surface area (TPSA) is 98.9 Å². The molecule has 0 bridgehead atoms. The predicted molar refractivity (Wildman–Crippen MR) is 99.2 cm³/mol. The van der Waals surface area contributed by atoms with Crippen LogP contribution in [-0.4, -0.2) is 57.8 Å². The van der Waals surface area contributed by atoms with Crippen LogP contribution in [0.25, 0.3) is 0 Å². The van der Waals surface area contributed by atoms with Crippen LogP contribution in [0.5, 0.6) is 11.5 Å². The van der Waals surface area contributed by atoms with Crippen molar-refractivity contribution in [1.29, 1.82) is 0 Å². The number of likely N-dealkylation sites (tertiary alicyclic amines) is 1. The Morgan fingerprint density at radius 2 is 1.96 bits per heavy atom. The molecule has 1 aromatic carbocycles. The lowest BCUT2D eigenvalue weighted by atomic mass is 9.96. The minimum Gasteiger partial charge on any atom is -0.493 e. The van der Waals surface area contributed by atoms with E-state index in [0.29, 0.717) is 18.0 Å². The lowest BCUT2D eigenvalue weighted by Crippen LogP contribution is -2.51. The maximum Gasteiger partial charge on any atom is 0.223 e. The highest BCUT2D eigenvalue weighted by Gasteiger charge is 2.30. The highest BCUT2D eigenvalue weighted by molar-refractivity contribution is 7.91.